The average Bonchev–Trinajstić information content (AvgIpc) is 3.27. The van der Waals surface area contributed by atoms with Gasteiger partial charge in [0.2, 0.25) is 5.91 Å². The number of benzene rings is 2. The quantitative estimate of drug-likeness (QED) is 0.515. The van der Waals surface area contributed by atoms with Crippen LogP contribution in [0.1, 0.15) is 36.4 Å². The lowest BCUT2D eigenvalue weighted by Crippen LogP contribution is -2.27. The van der Waals surface area contributed by atoms with E-state index >= 15 is 0 Å². The predicted octanol–water partition coefficient (Wildman–Crippen LogP) is 4.45. The first kappa shape index (κ1) is 22.5. The van der Waals surface area contributed by atoms with Crippen LogP contribution in [0.25, 0.3) is 10.9 Å². The lowest BCUT2D eigenvalue weighted by Gasteiger charge is -2.23. The van der Waals surface area contributed by atoms with E-state index in [1.807, 2.05) is 42.5 Å². The van der Waals surface area contributed by atoms with Gasteiger partial charge in [-0.3, -0.25) is 9.59 Å². The Bertz CT molecular complexity index is 1260. The number of pyridine rings is 1. The number of amides is 1. The highest BCUT2D eigenvalue weighted by molar-refractivity contribution is 6.30. The topological polar surface area (TPSA) is 101 Å². The van der Waals surface area contributed by atoms with E-state index in [4.69, 9.17) is 26.2 Å². The van der Waals surface area contributed by atoms with Gasteiger partial charge in [0.15, 0.2) is 0 Å². The maximum atomic E-state index is 12.9. The molecule has 8 nitrogen and oxygen atoms in total. The first-order chi connectivity index (χ1) is 15.9. The van der Waals surface area contributed by atoms with Crippen molar-refractivity contribution in [2.75, 3.05) is 14.2 Å². The van der Waals surface area contributed by atoms with Gasteiger partial charge in [-0.05, 0) is 30.3 Å². The molecule has 1 N–H and O–H groups in total. The van der Waals surface area contributed by atoms with E-state index < -0.39 is 17.9 Å². The van der Waals surface area contributed by atoms with E-state index in [0.717, 1.165) is 10.9 Å². The summed E-state index contributed by atoms with van der Waals surface area (Å²) in [6, 6.07) is 14.2. The standard InChI is InChI=1S/C24H22ClN3O5/c1-32-16-5-3-4-14(10-16)20-13-21(28(27-20)22(29)8-9-23(30)31)18-11-15-6-7-17(33-2)12-19(15)26-24(18)25/h3-7,10-12,21H,8-9,13H2,1-2H3,(H,30,31)/t21-/m0/s1. The molecule has 0 saturated carbocycles. The summed E-state index contributed by atoms with van der Waals surface area (Å²) >= 11 is 6.56. The molecular weight excluding hydrogens is 446 g/mol. The lowest BCUT2D eigenvalue weighted by atomic mass is 9.98. The highest BCUT2D eigenvalue weighted by Crippen LogP contribution is 2.38. The van der Waals surface area contributed by atoms with Gasteiger partial charge in [0.05, 0.1) is 37.9 Å². The number of carbonyl (C=O) groups excluding carboxylic acids is 1. The third kappa shape index (κ3) is 4.75. The van der Waals surface area contributed by atoms with Crippen molar-refractivity contribution in [2.24, 2.45) is 5.10 Å². The van der Waals surface area contributed by atoms with Crippen LogP contribution in [0.15, 0.2) is 53.6 Å². The number of hydrogen-bond donors (Lipinski definition) is 1. The highest BCUT2D eigenvalue weighted by Gasteiger charge is 2.35. The number of carboxylic acid groups (broad SMARTS) is 1. The van der Waals surface area contributed by atoms with Gasteiger partial charge in [-0.2, -0.15) is 5.10 Å². The highest BCUT2D eigenvalue weighted by atomic mass is 35.5. The zero-order valence-corrected chi connectivity index (χ0v) is 18.9. The Labute approximate surface area is 195 Å². The molecule has 9 heteroatoms. The molecule has 0 bridgehead atoms. The summed E-state index contributed by atoms with van der Waals surface area (Å²) in [5, 5.41) is 16.0. The van der Waals surface area contributed by atoms with Crippen LogP contribution < -0.4 is 9.47 Å². The molecule has 3 aromatic rings. The first-order valence-corrected chi connectivity index (χ1v) is 10.7. The summed E-state index contributed by atoms with van der Waals surface area (Å²) < 4.78 is 10.6. The first-order valence-electron chi connectivity index (χ1n) is 10.3. The molecule has 2 heterocycles. The van der Waals surface area contributed by atoms with Crippen molar-refractivity contribution in [3.63, 3.8) is 0 Å². The van der Waals surface area contributed by atoms with E-state index in [0.29, 0.717) is 34.7 Å². The number of aromatic nitrogens is 1. The third-order valence-corrected chi connectivity index (χ3v) is 5.79. The molecule has 1 amide bonds. The van der Waals surface area contributed by atoms with Gasteiger partial charge < -0.3 is 14.6 Å². The molecule has 0 unspecified atom stereocenters. The molecule has 1 aromatic heterocycles. The second kappa shape index (κ2) is 9.46. The number of nitrogens with zero attached hydrogens (tertiary/aromatic N) is 3. The summed E-state index contributed by atoms with van der Waals surface area (Å²) in [6.07, 6.45) is -0.0544. The number of fused-ring (bicyclic) bond motifs is 1. The molecule has 0 radical (unpaired) electrons. The molecule has 1 aliphatic heterocycles. The molecule has 2 aromatic carbocycles. The molecule has 0 spiro atoms. The van der Waals surface area contributed by atoms with Crippen LogP contribution in [0.2, 0.25) is 5.15 Å². The van der Waals surface area contributed by atoms with Gasteiger partial charge in [-0.25, -0.2) is 9.99 Å². The minimum absolute atomic E-state index is 0.170. The largest absolute Gasteiger partial charge is 0.497 e. The van der Waals surface area contributed by atoms with E-state index in [1.165, 1.54) is 5.01 Å². The number of hydrogen-bond acceptors (Lipinski definition) is 6. The second-order valence-corrected chi connectivity index (χ2v) is 7.92. The molecule has 0 aliphatic carbocycles. The molecule has 1 atom stereocenters. The number of methoxy groups -OCH3 is 2. The molecular formula is C24H22ClN3O5. The van der Waals surface area contributed by atoms with Gasteiger partial charge in [0, 0.05) is 35.4 Å². The van der Waals surface area contributed by atoms with Crippen molar-refractivity contribution in [2.45, 2.75) is 25.3 Å². The Morgan fingerprint density at radius 3 is 2.58 bits per heavy atom. The van der Waals surface area contributed by atoms with Crippen LogP contribution in [0.4, 0.5) is 0 Å². The number of carboxylic acids is 1. The molecule has 1 aliphatic rings. The van der Waals surface area contributed by atoms with Crippen molar-refractivity contribution >= 4 is 40.1 Å². The SMILES string of the molecule is COc1cccc(C2=NN(C(=O)CCC(=O)O)[C@H](c3cc4ccc(OC)cc4nc3Cl)C2)c1. The average molecular weight is 468 g/mol. The van der Waals surface area contributed by atoms with E-state index in [9.17, 15) is 9.59 Å². The van der Waals surface area contributed by atoms with Crippen LogP contribution in [-0.2, 0) is 9.59 Å². The van der Waals surface area contributed by atoms with Gasteiger partial charge in [-0.15, -0.1) is 0 Å². The lowest BCUT2D eigenvalue weighted by molar-refractivity contribution is -0.141. The monoisotopic (exact) mass is 467 g/mol. The van der Waals surface area contributed by atoms with Crippen molar-refractivity contribution in [1.29, 1.82) is 0 Å². The number of carbonyl (C=O) groups is 2. The summed E-state index contributed by atoms with van der Waals surface area (Å²) in [5.41, 5.74) is 2.79. The van der Waals surface area contributed by atoms with Crippen LogP contribution in [0.5, 0.6) is 11.5 Å². The zero-order valence-electron chi connectivity index (χ0n) is 18.1. The van der Waals surface area contributed by atoms with Crippen molar-refractivity contribution in [3.05, 3.63) is 64.8 Å². The van der Waals surface area contributed by atoms with Gasteiger partial charge in [0.1, 0.15) is 16.7 Å². The Morgan fingerprint density at radius 1 is 1.09 bits per heavy atom. The van der Waals surface area contributed by atoms with Crippen molar-refractivity contribution in [3.8, 4) is 11.5 Å². The van der Waals surface area contributed by atoms with Crippen LogP contribution >= 0.6 is 11.6 Å². The number of hydrazone groups is 1. The van der Waals surface area contributed by atoms with Gasteiger partial charge in [0.25, 0.3) is 0 Å². The number of rotatable bonds is 7. The normalized spacial score (nSPS) is 15.4. The second-order valence-electron chi connectivity index (χ2n) is 7.56. The Morgan fingerprint density at radius 2 is 1.85 bits per heavy atom. The summed E-state index contributed by atoms with van der Waals surface area (Å²) in [5.74, 6) is -0.114. The number of ether oxygens (including phenoxy) is 2. The maximum Gasteiger partial charge on any atom is 0.303 e. The fourth-order valence-corrected chi connectivity index (χ4v) is 4.06. The molecule has 0 saturated heterocycles. The molecule has 170 valence electrons. The van der Waals surface area contributed by atoms with Gasteiger partial charge >= 0.3 is 5.97 Å². The summed E-state index contributed by atoms with van der Waals surface area (Å²) in [7, 11) is 3.16. The van der Waals surface area contributed by atoms with Crippen LogP contribution in [-0.4, -0.2) is 46.9 Å². The Balaban J connectivity index is 1.74. The van der Waals surface area contributed by atoms with Crippen molar-refractivity contribution < 1.29 is 24.2 Å². The van der Waals surface area contributed by atoms with Crippen LogP contribution in [0, 0.1) is 0 Å². The Kier molecular flexibility index (Phi) is 6.46. The van der Waals surface area contributed by atoms with E-state index in [2.05, 4.69) is 10.1 Å². The third-order valence-electron chi connectivity index (χ3n) is 5.49. The summed E-state index contributed by atoms with van der Waals surface area (Å²) in [4.78, 5) is 28.5. The Hall–Kier alpha value is -3.65. The molecule has 0 fully saturated rings. The minimum atomic E-state index is -1.05. The molecule has 33 heavy (non-hydrogen) atoms. The van der Waals surface area contributed by atoms with E-state index in [1.54, 1.807) is 20.3 Å². The zero-order chi connectivity index (χ0) is 23.5. The predicted molar refractivity (Wildman–Crippen MR) is 124 cm³/mol. The summed E-state index contributed by atoms with van der Waals surface area (Å²) in [6.45, 7) is 0. The minimum Gasteiger partial charge on any atom is -0.497 e. The van der Waals surface area contributed by atoms with Gasteiger partial charge in [-0.1, -0.05) is 23.7 Å². The molecule has 4 rings (SSSR count). The smallest absolute Gasteiger partial charge is 0.303 e. The van der Waals surface area contributed by atoms with E-state index in [-0.39, 0.29) is 18.0 Å². The van der Waals surface area contributed by atoms with Crippen LogP contribution in [0.3, 0.4) is 0 Å². The number of aliphatic carboxylic acids is 1. The fraction of sp³-hybridized carbons (Fsp3) is 0.250. The maximum absolute atomic E-state index is 12.9. The number of halogens is 1. The fourth-order valence-electron chi connectivity index (χ4n) is 3.79. The van der Waals surface area contributed by atoms with Crippen molar-refractivity contribution in [1.82, 2.24) is 9.99 Å².